The SMILES string of the molecule is Cc1cccc(C2(c3ccc(O)cc3)CCCCC2)c1. The van der Waals surface area contributed by atoms with Crippen molar-refractivity contribution in [1.29, 1.82) is 0 Å². The van der Waals surface area contributed by atoms with E-state index in [0.29, 0.717) is 5.75 Å². The minimum atomic E-state index is 0.137. The van der Waals surface area contributed by atoms with E-state index in [0.717, 1.165) is 0 Å². The third-order valence-corrected chi connectivity index (χ3v) is 4.70. The van der Waals surface area contributed by atoms with Gasteiger partial charge in [-0.25, -0.2) is 0 Å². The van der Waals surface area contributed by atoms with Gasteiger partial charge in [0.05, 0.1) is 0 Å². The lowest BCUT2D eigenvalue weighted by Crippen LogP contribution is -2.30. The minimum absolute atomic E-state index is 0.137. The molecule has 1 nitrogen and oxygen atoms in total. The smallest absolute Gasteiger partial charge is 0.115 e. The maximum Gasteiger partial charge on any atom is 0.115 e. The van der Waals surface area contributed by atoms with Crippen LogP contribution in [0.15, 0.2) is 48.5 Å². The standard InChI is InChI=1S/C19H22O/c1-15-6-5-7-17(14-15)19(12-3-2-4-13-19)16-8-10-18(20)11-9-16/h5-11,14,20H,2-4,12-13H2,1H3. The minimum Gasteiger partial charge on any atom is -0.508 e. The Balaban J connectivity index is 2.11. The number of benzene rings is 2. The van der Waals surface area contributed by atoms with Crippen LogP contribution in [0, 0.1) is 6.92 Å². The van der Waals surface area contributed by atoms with Crippen molar-refractivity contribution in [2.75, 3.05) is 0 Å². The molecule has 1 aliphatic rings. The molecule has 2 aromatic rings. The Bertz CT molecular complexity index is 577. The highest BCUT2D eigenvalue weighted by molar-refractivity contribution is 5.42. The van der Waals surface area contributed by atoms with Crippen molar-refractivity contribution < 1.29 is 5.11 Å². The van der Waals surface area contributed by atoms with Gasteiger partial charge in [-0.1, -0.05) is 61.2 Å². The van der Waals surface area contributed by atoms with E-state index in [1.165, 1.54) is 48.8 Å². The van der Waals surface area contributed by atoms with Crippen molar-refractivity contribution in [2.24, 2.45) is 0 Å². The van der Waals surface area contributed by atoms with E-state index in [4.69, 9.17) is 0 Å². The Labute approximate surface area is 121 Å². The summed E-state index contributed by atoms with van der Waals surface area (Å²) < 4.78 is 0. The molecule has 1 aliphatic carbocycles. The summed E-state index contributed by atoms with van der Waals surface area (Å²) in [5.74, 6) is 0.351. The molecule has 0 aliphatic heterocycles. The molecule has 0 aromatic heterocycles. The molecule has 104 valence electrons. The van der Waals surface area contributed by atoms with Crippen LogP contribution in [0.25, 0.3) is 0 Å². The molecule has 1 fully saturated rings. The molecule has 20 heavy (non-hydrogen) atoms. The van der Waals surface area contributed by atoms with Gasteiger partial charge < -0.3 is 5.11 Å². The lowest BCUT2D eigenvalue weighted by atomic mass is 9.65. The van der Waals surface area contributed by atoms with Crippen molar-refractivity contribution in [3.8, 4) is 5.75 Å². The fraction of sp³-hybridized carbons (Fsp3) is 0.368. The first-order valence-electron chi connectivity index (χ1n) is 7.57. The van der Waals surface area contributed by atoms with Crippen LogP contribution in [0.4, 0.5) is 0 Å². The van der Waals surface area contributed by atoms with Gasteiger partial charge in [0.15, 0.2) is 0 Å². The molecular weight excluding hydrogens is 244 g/mol. The van der Waals surface area contributed by atoms with Crippen LogP contribution in [-0.4, -0.2) is 5.11 Å². The first-order valence-corrected chi connectivity index (χ1v) is 7.57. The number of hydrogen-bond acceptors (Lipinski definition) is 1. The first kappa shape index (κ1) is 13.2. The highest BCUT2D eigenvalue weighted by Crippen LogP contribution is 2.45. The fourth-order valence-corrected chi connectivity index (χ4v) is 3.62. The predicted octanol–water partition coefficient (Wildman–Crippen LogP) is 4.95. The Morgan fingerprint density at radius 3 is 2.20 bits per heavy atom. The predicted molar refractivity (Wildman–Crippen MR) is 83.2 cm³/mol. The van der Waals surface area contributed by atoms with Crippen molar-refractivity contribution in [3.05, 3.63) is 65.2 Å². The number of phenols is 1. The molecule has 0 amide bonds. The second-order valence-electron chi connectivity index (χ2n) is 6.06. The van der Waals surface area contributed by atoms with Gasteiger partial charge in [0, 0.05) is 5.41 Å². The van der Waals surface area contributed by atoms with Crippen LogP contribution in [0.5, 0.6) is 5.75 Å². The molecule has 3 rings (SSSR count). The Kier molecular flexibility index (Phi) is 3.52. The molecule has 0 heterocycles. The molecule has 0 saturated heterocycles. The number of hydrogen-bond donors (Lipinski definition) is 1. The second-order valence-corrected chi connectivity index (χ2v) is 6.06. The zero-order valence-electron chi connectivity index (χ0n) is 12.1. The van der Waals surface area contributed by atoms with E-state index in [2.05, 4.69) is 43.3 Å². The van der Waals surface area contributed by atoms with Gasteiger partial charge in [-0.05, 0) is 43.0 Å². The van der Waals surface area contributed by atoms with E-state index in [9.17, 15) is 5.11 Å². The summed E-state index contributed by atoms with van der Waals surface area (Å²) in [7, 11) is 0. The average molecular weight is 266 g/mol. The monoisotopic (exact) mass is 266 g/mol. The zero-order chi connectivity index (χ0) is 14.0. The summed E-state index contributed by atoms with van der Waals surface area (Å²) in [5.41, 5.74) is 4.24. The molecule has 0 bridgehead atoms. The number of aromatic hydroxyl groups is 1. The summed E-state index contributed by atoms with van der Waals surface area (Å²) >= 11 is 0. The van der Waals surface area contributed by atoms with Crippen LogP contribution in [-0.2, 0) is 5.41 Å². The topological polar surface area (TPSA) is 20.2 Å². The fourth-order valence-electron chi connectivity index (χ4n) is 3.62. The van der Waals surface area contributed by atoms with E-state index in [1.54, 1.807) is 0 Å². The number of rotatable bonds is 2. The van der Waals surface area contributed by atoms with Gasteiger partial charge in [0.25, 0.3) is 0 Å². The van der Waals surface area contributed by atoms with E-state index >= 15 is 0 Å². The molecule has 0 atom stereocenters. The van der Waals surface area contributed by atoms with Crippen molar-refractivity contribution in [2.45, 2.75) is 44.4 Å². The van der Waals surface area contributed by atoms with Gasteiger partial charge in [-0.3, -0.25) is 0 Å². The summed E-state index contributed by atoms with van der Waals surface area (Å²) in [6.07, 6.45) is 6.33. The van der Waals surface area contributed by atoms with E-state index in [-0.39, 0.29) is 5.41 Å². The Morgan fingerprint density at radius 1 is 0.850 bits per heavy atom. The molecule has 1 saturated carbocycles. The van der Waals surface area contributed by atoms with Crippen LogP contribution in [0.3, 0.4) is 0 Å². The number of aryl methyl sites for hydroxylation is 1. The second kappa shape index (κ2) is 5.32. The van der Waals surface area contributed by atoms with Crippen molar-refractivity contribution in [3.63, 3.8) is 0 Å². The largest absolute Gasteiger partial charge is 0.508 e. The first-order chi connectivity index (χ1) is 9.71. The van der Waals surface area contributed by atoms with Crippen LogP contribution >= 0.6 is 0 Å². The van der Waals surface area contributed by atoms with Crippen LogP contribution in [0.2, 0.25) is 0 Å². The average Bonchev–Trinajstić information content (AvgIpc) is 2.49. The van der Waals surface area contributed by atoms with Gasteiger partial charge in [0.2, 0.25) is 0 Å². The van der Waals surface area contributed by atoms with E-state index in [1.807, 2.05) is 12.1 Å². The highest BCUT2D eigenvalue weighted by Gasteiger charge is 2.35. The zero-order valence-corrected chi connectivity index (χ0v) is 12.1. The van der Waals surface area contributed by atoms with Crippen molar-refractivity contribution >= 4 is 0 Å². The summed E-state index contributed by atoms with van der Waals surface area (Å²) in [6, 6.07) is 16.8. The third-order valence-electron chi connectivity index (χ3n) is 4.70. The normalized spacial score (nSPS) is 17.9. The van der Waals surface area contributed by atoms with Crippen LogP contribution in [0.1, 0.15) is 48.8 Å². The molecular formula is C19H22O. The van der Waals surface area contributed by atoms with Gasteiger partial charge in [0.1, 0.15) is 5.75 Å². The Morgan fingerprint density at radius 2 is 1.55 bits per heavy atom. The van der Waals surface area contributed by atoms with Crippen molar-refractivity contribution in [1.82, 2.24) is 0 Å². The van der Waals surface area contributed by atoms with Crippen LogP contribution < -0.4 is 0 Å². The Hall–Kier alpha value is -1.76. The maximum atomic E-state index is 9.55. The quantitative estimate of drug-likeness (QED) is 0.815. The highest BCUT2D eigenvalue weighted by atomic mass is 16.3. The molecule has 1 N–H and O–H groups in total. The molecule has 0 spiro atoms. The lowest BCUT2D eigenvalue weighted by Gasteiger charge is -2.39. The summed E-state index contributed by atoms with van der Waals surface area (Å²) in [5, 5.41) is 9.55. The van der Waals surface area contributed by atoms with Gasteiger partial charge in [-0.2, -0.15) is 0 Å². The van der Waals surface area contributed by atoms with Gasteiger partial charge in [-0.15, -0.1) is 0 Å². The lowest BCUT2D eigenvalue weighted by molar-refractivity contribution is 0.345. The molecule has 0 radical (unpaired) electrons. The summed E-state index contributed by atoms with van der Waals surface area (Å²) in [4.78, 5) is 0. The van der Waals surface area contributed by atoms with Gasteiger partial charge >= 0.3 is 0 Å². The number of phenolic OH excluding ortho intramolecular Hbond substituents is 1. The third kappa shape index (κ3) is 2.33. The molecule has 2 aromatic carbocycles. The summed E-state index contributed by atoms with van der Waals surface area (Å²) in [6.45, 7) is 2.16. The molecule has 1 heteroatoms. The maximum absolute atomic E-state index is 9.55. The molecule has 0 unspecified atom stereocenters. The van der Waals surface area contributed by atoms with E-state index < -0.39 is 0 Å².